The summed E-state index contributed by atoms with van der Waals surface area (Å²) < 4.78 is 45.0. The summed E-state index contributed by atoms with van der Waals surface area (Å²) in [4.78, 5) is 19.2. The average molecular weight is 526 g/mol. The van der Waals surface area contributed by atoms with Crippen molar-refractivity contribution in [2.24, 2.45) is 0 Å². The van der Waals surface area contributed by atoms with Gasteiger partial charge in [0.2, 0.25) is 10.0 Å². The third-order valence-electron chi connectivity index (χ3n) is 6.86. The molecule has 3 aromatic rings. The minimum Gasteiger partial charge on any atom is -0.438 e. The zero-order valence-electron chi connectivity index (χ0n) is 21.3. The summed E-state index contributed by atoms with van der Waals surface area (Å²) in [6, 6.07) is 17.8. The van der Waals surface area contributed by atoms with Crippen molar-refractivity contribution in [3.63, 3.8) is 0 Å². The number of aromatic nitrogens is 1. The van der Waals surface area contributed by atoms with E-state index in [1.807, 2.05) is 50.2 Å². The molecule has 1 saturated heterocycles. The number of cyclic esters (lactones) is 1. The van der Waals surface area contributed by atoms with Gasteiger partial charge in [0.1, 0.15) is 11.4 Å². The lowest BCUT2D eigenvalue weighted by Crippen LogP contribution is -2.49. The van der Waals surface area contributed by atoms with Gasteiger partial charge in [0, 0.05) is 31.4 Å². The van der Waals surface area contributed by atoms with Gasteiger partial charge in [-0.1, -0.05) is 36.4 Å². The summed E-state index contributed by atoms with van der Waals surface area (Å²) in [7, 11) is -3.32. The Labute approximate surface area is 217 Å². The van der Waals surface area contributed by atoms with Crippen LogP contribution in [0.1, 0.15) is 49.0 Å². The highest BCUT2D eigenvalue weighted by molar-refractivity contribution is 7.88. The van der Waals surface area contributed by atoms with Gasteiger partial charge in [-0.2, -0.15) is 0 Å². The van der Waals surface area contributed by atoms with Crippen LogP contribution in [0.3, 0.4) is 0 Å². The largest absolute Gasteiger partial charge is 0.438 e. The van der Waals surface area contributed by atoms with Gasteiger partial charge in [-0.25, -0.2) is 22.3 Å². The first kappa shape index (κ1) is 26.8. The molecule has 0 bridgehead atoms. The smallest absolute Gasteiger partial charge is 0.411 e. The minimum atomic E-state index is -3.32. The molecule has 0 radical (unpaired) electrons. The molecule has 0 unspecified atom stereocenters. The molecule has 1 aromatic heterocycles. The fourth-order valence-electron chi connectivity index (χ4n) is 4.79. The Kier molecular flexibility index (Phi) is 7.94. The number of halogens is 1. The Morgan fingerprint density at radius 3 is 2.43 bits per heavy atom. The van der Waals surface area contributed by atoms with Crippen LogP contribution in [0.2, 0.25) is 0 Å². The van der Waals surface area contributed by atoms with Crippen LogP contribution in [-0.2, 0) is 20.4 Å². The molecule has 0 aliphatic carbocycles. The number of hydrogen-bond donors (Lipinski definition) is 1. The summed E-state index contributed by atoms with van der Waals surface area (Å²) in [5.74, 6) is -0.375. The number of rotatable bonds is 9. The number of benzene rings is 2. The maximum atomic E-state index is 13.6. The van der Waals surface area contributed by atoms with Gasteiger partial charge in [-0.15, -0.1) is 0 Å². The number of nitrogens with zero attached hydrogens (tertiary/aromatic N) is 2. The van der Waals surface area contributed by atoms with E-state index in [0.29, 0.717) is 31.4 Å². The molecule has 1 aliphatic heterocycles. The second kappa shape index (κ2) is 11.0. The minimum absolute atomic E-state index is 0.209. The molecule has 9 heteroatoms. The van der Waals surface area contributed by atoms with E-state index in [1.54, 1.807) is 23.2 Å². The molecule has 1 aliphatic rings. The zero-order chi connectivity index (χ0) is 26.6. The van der Waals surface area contributed by atoms with Crippen molar-refractivity contribution in [3.8, 4) is 11.1 Å². The van der Waals surface area contributed by atoms with Crippen molar-refractivity contribution < 1.29 is 22.3 Å². The molecule has 1 amide bonds. The first-order valence-electron chi connectivity index (χ1n) is 12.3. The fourth-order valence-corrected chi connectivity index (χ4v) is 5.30. The van der Waals surface area contributed by atoms with Crippen molar-refractivity contribution in [1.29, 1.82) is 0 Å². The Hall–Kier alpha value is -3.30. The van der Waals surface area contributed by atoms with Gasteiger partial charge in [-0.3, -0.25) is 4.98 Å². The number of nitrogens with one attached hydrogen (secondary N) is 1. The van der Waals surface area contributed by atoms with Crippen LogP contribution in [0.15, 0.2) is 66.9 Å². The van der Waals surface area contributed by atoms with E-state index in [-0.39, 0.29) is 18.4 Å². The van der Waals surface area contributed by atoms with Gasteiger partial charge in [0.05, 0.1) is 12.3 Å². The van der Waals surface area contributed by atoms with Gasteiger partial charge < -0.3 is 9.64 Å². The molecule has 0 saturated carbocycles. The van der Waals surface area contributed by atoms with Gasteiger partial charge in [0.25, 0.3) is 0 Å². The molecule has 0 spiro atoms. The maximum absolute atomic E-state index is 13.6. The number of hydrogen-bond acceptors (Lipinski definition) is 5. The highest BCUT2D eigenvalue weighted by Crippen LogP contribution is 2.40. The molecule has 37 heavy (non-hydrogen) atoms. The summed E-state index contributed by atoms with van der Waals surface area (Å²) >= 11 is 0. The SMILES string of the molecule is Cc1cc(-c2ccc([C@H](C)N3CC[C@](CCCNS(C)(=O)=O)(c4ccc(F)cc4)OC3=O)cc2)ccn1. The Morgan fingerprint density at radius 2 is 1.81 bits per heavy atom. The van der Waals surface area contributed by atoms with Crippen LogP contribution in [0.5, 0.6) is 0 Å². The number of carbonyl (C=O) groups is 1. The predicted octanol–water partition coefficient (Wildman–Crippen LogP) is 5.32. The maximum Gasteiger partial charge on any atom is 0.411 e. The lowest BCUT2D eigenvalue weighted by atomic mass is 9.84. The first-order valence-corrected chi connectivity index (χ1v) is 14.2. The summed E-state index contributed by atoms with van der Waals surface area (Å²) in [6.07, 6.45) is 3.82. The third-order valence-corrected chi connectivity index (χ3v) is 7.58. The molecule has 4 rings (SSSR count). The highest BCUT2D eigenvalue weighted by Gasteiger charge is 2.43. The van der Waals surface area contributed by atoms with Crippen molar-refractivity contribution in [2.45, 2.75) is 44.8 Å². The molecule has 2 atom stereocenters. The lowest BCUT2D eigenvalue weighted by Gasteiger charge is -2.43. The second-order valence-corrected chi connectivity index (χ2v) is 11.4. The van der Waals surface area contributed by atoms with E-state index in [4.69, 9.17) is 4.74 Å². The van der Waals surface area contributed by atoms with Crippen LogP contribution in [-0.4, -0.2) is 43.7 Å². The van der Waals surface area contributed by atoms with E-state index < -0.39 is 21.7 Å². The third kappa shape index (κ3) is 6.53. The van der Waals surface area contributed by atoms with Crippen LogP contribution >= 0.6 is 0 Å². The van der Waals surface area contributed by atoms with E-state index in [0.717, 1.165) is 28.6 Å². The van der Waals surface area contributed by atoms with E-state index in [1.165, 1.54) is 12.1 Å². The molecular formula is C28H32FN3O4S. The molecule has 2 aromatic carbocycles. The van der Waals surface area contributed by atoms with E-state index in [2.05, 4.69) is 9.71 Å². The molecule has 1 fully saturated rings. The Balaban J connectivity index is 1.49. The molecular weight excluding hydrogens is 493 g/mol. The standard InChI is InChI=1S/C28H32FN3O4S/c1-20-19-24(13-17-30-20)23-7-5-22(6-8-23)21(2)32-18-15-28(36-27(32)33,14-4-16-31-37(3,34)35)25-9-11-26(29)12-10-25/h5-13,17,19,21,31H,4,14-16,18H2,1-3H3/t21-,28+/m0/s1. The number of carbonyl (C=O) groups excluding carboxylic acids is 1. The predicted molar refractivity (Wildman–Crippen MR) is 141 cm³/mol. The van der Waals surface area contributed by atoms with Gasteiger partial charge in [-0.05, 0) is 73.2 Å². The van der Waals surface area contributed by atoms with Crippen LogP contribution in [0.4, 0.5) is 9.18 Å². The monoisotopic (exact) mass is 525 g/mol. The first-order chi connectivity index (χ1) is 17.6. The van der Waals surface area contributed by atoms with Crippen LogP contribution in [0.25, 0.3) is 11.1 Å². The van der Waals surface area contributed by atoms with Crippen molar-refractivity contribution in [3.05, 3.63) is 89.5 Å². The molecule has 2 heterocycles. The van der Waals surface area contributed by atoms with E-state index >= 15 is 0 Å². The Bertz CT molecular complexity index is 1350. The van der Waals surface area contributed by atoms with Crippen molar-refractivity contribution in [1.82, 2.24) is 14.6 Å². The number of aryl methyl sites for hydroxylation is 1. The summed E-state index contributed by atoms with van der Waals surface area (Å²) in [5.41, 5.74) is 3.83. The number of sulfonamides is 1. The quantitative estimate of drug-likeness (QED) is 0.382. The average Bonchev–Trinajstić information content (AvgIpc) is 2.86. The summed E-state index contributed by atoms with van der Waals surface area (Å²) in [5, 5.41) is 0. The summed E-state index contributed by atoms with van der Waals surface area (Å²) in [6.45, 7) is 4.59. The lowest BCUT2D eigenvalue weighted by molar-refractivity contribution is -0.0662. The normalized spacial score (nSPS) is 18.9. The molecule has 1 N–H and O–H groups in total. The molecule has 7 nitrogen and oxygen atoms in total. The topological polar surface area (TPSA) is 88.6 Å². The highest BCUT2D eigenvalue weighted by atomic mass is 32.2. The zero-order valence-corrected chi connectivity index (χ0v) is 22.1. The number of amides is 1. The van der Waals surface area contributed by atoms with E-state index in [9.17, 15) is 17.6 Å². The van der Waals surface area contributed by atoms with Crippen molar-refractivity contribution in [2.75, 3.05) is 19.3 Å². The fraction of sp³-hybridized carbons (Fsp3) is 0.357. The number of ether oxygens (including phenoxy) is 1. The van der Waals surface area contributed by atoms with Crippen LogP contribution < -0.4 is 4.72 Å². The van der Waals surface area contributed by atoms with Gasteiger partial charge in [0.15, 0.2) is 0 Å². The van der Waals surface area contributed by atoms with Gasteiger partial charge >= 0.3 is 6.09 Å². The second-order valence-electron chi connectivity index (χ2n) is 9.57. The van der Waals surface area contributed by atoms with Crippen LogP contribution in [0, 0.1) is 12.7 Å². The van der Waals surface area contributed by atoms with Crippen molar-refractivity contribution >= 4 is 16.1 Å². The molecule has 196 valence electrons. The Morgan fingerprint density at radius 1 is 1.11 bits per heavy atom. The number of pyridine rings is 1.